The van der Waals surface area contributed by atoms with Crippen molar-refractivity contribution in [2.75, 3.05) is 47.4 Å². The lowest BCUT2D eigenvalue weighted by Crippen LogP contribution is -2.51. The molecule has 310 valence electrons. The Morgan fingerprint density at radius 3 is 1.69 bits per heavy atom. The highest BCUT2D eigenvalue weighted by Gasteiger charge is 2.50. The van der Waals surface area contributed by atoms with Gasteiger partial charge in [0.15, 0.2) is 23.0 Å². The Hall–Kier alpha value is -4.10. The SMILES string of the molecule is C[C@@H]1C[C@@H](N[C@H]2CCC3(CCN(c4cnc(Sc5cccnc5C(F)(F)F)c(N)n4)CC3)C2)C2(CCN(c3cnc(Sc4cccnc4C(F)(F)F)c(N)n3)CC2)C1. The molecule has 0 bridgehead atoms. The molecule has 2 saturated heterocycles. The predicted molar refractivity (Wildman–Crippen MR) is 210 cm³/mol. The van der Waals surface area contributed by atoms with Crippen molar-refractivity contribution < 1.29 is 26.3 Å². The van der Waals surface area contributed by atoms with E-state index in [9.17, 15) is 26.3 Å². The zero-order valence-electron chi connectivity index (χ0n) is 31.9. The summed E-state index contributed by atoms with van der Waals surface area (Å²) < 4.78 is 81.0. The number of nitrogens with one attached hydrogen (secondary N) is 1. The number of alkyl halides is 6. The van der Waals surface area contributed by atoms with E-state index in [4.69, 9.17) is 11.5 Å². The third-order valence-electron chi connectivity index (χ3n) is 12.5. The molecule has 5 N–H and O–H groups in total. The average molecular weight is 846 g/mol. The molecule has 19 heteroatoms. The third kappa shape index (κ3) is 8.48. The lowest BCUT2D eigenvalue weighted by atomic mass is 9.73. The molecule has 2 spiro atoms. The van der Waals surface area contributed by atoms with Crippen molar-refractivity contribution in [2.24, 2.45) is 16.7 Å². The summed E-state index contributed by atoms with van der Waals surface area (Å²) in [6.07, 6.45) is 5.97. The number of hydrogen-bond donors (Lipinski definition) is 3. The van der Waals surface area contributed by atoms with E-state index < -0.39 is 23.7 Å². The number of aromatic nitrogens is 6. The first-order valence-electron chi connectivity index (χ1n) is 19.5. The first-order chi connectivity index (χ1) is 27.6. The number of hydrogen-bond acceptors (Lipinski definition) is 13. The largest absolute Gasteiger partial charge is 0.434 e. The van der Waals surface area contributed by atoms with Crippen LogP contribution < -0.4 is 26.6 Å². The van der Waals surface area contributed by atoms with Crippen LogP contribution in [0.5, 0.6) is 0 Å². The van der Waals surface area contributed by atoms with Crippen LogP contribution in [0, 0.1) is 16.7 Å². The third-order valence-corrected chi connectivity index (χ3v) is 14.6. The Labute approximate surface area is 341 Å². The Morgan fingerprint density at radius 2 is 1.21 bits per heavy atom. The van der Waals surface area contributed by atoms with Crippen LogP contribution in [0.15, 0.2) is 68.9 Å². The van der Waals surface area contributed by atoms with E-state index in [1.54, 1.807) is 12.4 Å². The van der Waals surface area contributed by atoms with Crippen molar-refractivity contribution in [2.45, 2.75) is 109 Å². The molecule has 4 fully saturated rings. The first-order valence-corrected chi connectivity index (χ1v) is 21.1. The number of rotatable bonds is 8. The van der Waals surface area contributed by atoms with Crippen molar-refractivity contribution in [1.82, 2.24) is 35.2 Å². The molecule has 3 atom stereocenters. The van der Waals surface area contributed by atoms with Gasteiger partial charge in [0.25, 0.3) is 0 Å². The summed E-state index contributed by atoms with van der Waals surface area (Å²) in [5, 5.41) is 4.58. The molecule has 4 aromatic rings. The Balaban J connectivity index is 0.847. The van der Waals surface area contributed by atoms with Crippen molar-refractivity contribution in [3.8, 4) is 0 Å². The van der Waals surface area contributed by atoms with Gasteiger partial charge in [-0.15, -0.1) is 0 Å². The lowest BCUT2D eigenvalue weighted by molar-refractivity contribution is -0.144. The number of anilines is 4. The molecule has 11 nitrogen and oxygen atoms in total. The van der Waals surface area contributed by atoms with E-state index in [1.165, 1.54) is 24.3 Å². The van der Waals surface area contributed by atoms with Gasteiger partial charge in [0.05, 0.1) is 12.4 Å². The maximum absolute atomic E-state index is 13.5. The zero-order valence-corrected chi connectivity index (χ0v) is 33.5. The fourth-order valence-corrected chi connectivity index (χ4v) is 11.4. The second kappa shape index (κ2) is 15.8. The van der Waals surface area contributed by atoms with Crippen LogP contribution in [0.2, 0.25) is 0 Å². The molecule has 4 aromatic heterocycles. The second-order valence-electron chi connectivity index (χ2n) is 16.3. The average Bonchev–Trinajstić information content (AvgIpc) is 3.71. The van der Waals surface area contributed by atoms with E-state index in [2.05, 4.69) is 51.9 Å². The van der Waals surface area contributed by atoms with Crippen LogP contribution in [0.3, 0.4) is 0 Å². The van der Waals surface area contributed by atoms with Gasteiger partial charge in [-0.2, -0.15) is 26.3 Å². The Bertz CT molecular complexity index is 2110. The smallest absolute Gasteiger partial charge is 0.381 e. The summed E-state index contributed by atoms with van der Waals surface area (Å²) >= 11 is 1.63. The predicted octanol–water partition coefficient (Wildman–Crippen LogP) is 8.38. The maximum atomic E-state index is 13.5. The summed E-state index contributed by atoms with van der Waals surface area (Å²) in [5.41, 5.74) is 10.9. The van der Waals surface area contributed by atoms with E-state index in [0.717, 1.165) is 120 Å². The summed E-state index contributed by atoms with van der Waals surface area (Å²) in [6.45, 7) is 5.54. The van der Waals surface area contributed by atoms with Crippen LogP contribution in [0.25, 0.3) is 0 Å². The topological polar surface area (TPSA) is 148 Å². The van der Waals surface area contributed by atoms with Crippen LogP contribution >= 0.6 is 23.5 Å². The molecule has 0 unspecified atom stereocenters. The minimum Gasteiger partial charge on any atom is -0.381 e. The van der Waals surface area contributed by atoms with Crippen molar-refractivity contribution in [3.63, 3.8) is 0 Å². The Kier molecular flexibility index (Phi) is 11.1. The van der Waals surface area contributed by atoms with Gasteiger partial charge in [-0.3, -0.25) is 9.97 Å². The van der Waals surface area contributed by atoms with Gasteiger partial charge in [0.2, 0.25) is 0 Å². The number of piperidine rings is 2. The minimum absolute atomic E-state index is 0.0756. The highest BCUT2D eigenvalue weighted by Crippen LogP contribution is 2.52. The number of halogens is 6. The second-order valence-corrected chi connectivity index (χ2v) is 18.3. The molecular weight excluding hydrogens is 801 g/mol. The highest BCUT2D eigenvalue weighted by atomic mass is 32.2. The summed E-state index contributed by atoms with van der Waals surface area (Å²) in [5.74, 6) is 2.05. The van der Waals surface area contributed by atoms with E-state index in [1.807, 2.05) is 0 Å². The van der Waals surface area contributed by atoms with E-state index in [0.29, 0.717) is 29.6 Å². The number of nitrogens with zero attached hydrogens (tertiary/aromatic N) is 8. The Morgan fingerprint density at radius 1 is 0.707 bits per heavy atom. The fourth-order valence-electron chi connectivity index (χ4n) is 9.66. The van der Waals surface area contributed by atoms with Crippen molar-refractivity contribution >= 4 is 46.8 Å². The normalized spacial score (nSPS) is 23.3. The monoisotopic (exact) mass is 845 g/mol. The molecule has 0 amide bonds. The van der Waals surface area contributed by atoms with Gasteiger partial charge in [0, 0.05) is 60.4 Å². The molecule has 6 heterocycles. The van der Waals surface area contributed by atoms with E-state index >= 15 is 0 Å². The van der Waals surface area contributed by atoms with Crippen LogP contribution in [0.1, 0.15) is 76.1 Å². The number of nitrogen functional groups attached to an aromatic ring is 2. The van der Waals surface area contributed by atoms with Gasteiger partial charge >= 0.3 is 12.4 Å². The van der Waals surface area contributed by atoms with Crippen LogP contribution in [-0.2, 0) is 12.4 Å². The zero-order chi connectivity index (χ0) is 40.9. The summed E-state index contributed by atoms with van der Waals surface area (Å²) in [6, 6.07) is 6.45. The molecular formula is C39H45F6N11S2. The maximum Gasteiger partial charge on any atom is 0.434 e. The summed E-state index contributed by atoms with van der Waals surface area (Å²) in [4.78, 5) is 29.2. The fraction of sp³-hybridized carbons (Fsp3) is 0.538. The summed E-state index contributed by atoms with van der Waals surface area (Å²) in [7, 11) is 0. The highest BCUT2D eigenvalue weighted by molar-refractivity contribution is 7.99. The molecule has 0 radical (unpaired) electrons. The van der Waals surface area contributed by atoms with Gasteiger partial charge in [-0.1, -0.05) is 30.4 Å². The number of nitrogens with two attached hydrogens (primary N) is 2. The molecule has 2 saturated carbocycles. The van der Waals surface area contributed by atoms with Crippen LogP contribution in [-0.4, -0.2) is 68.2 Å². The molecule has 8 rings (SSSR count). The molecule has 58 heavy (non-hydrogen) atoms. The van der Waals surface area contributed by atoms with Gasteiger partial charge < -0.3 is 26.6 Å². The molecule has 2 aliphatic carbocycles. The van der Waals surface area contributed by atoms with Gasteiger partial charge in [-0.25, -0.2) is 19.9 Å². The molecule has 0 aromatic carbocycles. The molecule has 2 aliphatic heterocycles. The van der Waals surface area contributed by atoms with Crippen LogP contribution in [0.4, 0.5) is 49.6 Å². The number of pyridine rings is 2. The minimum atomic E-state index is -4.59. The standard InChI is InChI=1S/C39H45F6N11S2/c1-23-18-27(37(19-23)10-16-56(17-11-37)29-22-51-35(33(47)54-29)58-26-5-3-13-49-31(26)39(43,44)45)52-24-6-7-36(20-24)8-14-55(15-9-36)28-21-50-34(32(46)53-28)57-25-4-2-12-48-30(25)38(40,41)42/h2-5,12-13,21-24,27,52H,6-11,14-20H2,1H3,(H2,46,53)(H2,47,54)/t23-,24+,27-/m1/s1. The van der Waals surface area contributed by atoms with Gasteiger partial charge in [0.1, 0.15) is 21.7 Å². The van der Waals surface area contributed by atoms with E-state index in [-0.39, 0.29) is 42.3 Å². The molecule has 4 aliphatic rings. The quantitative estimate of drug-likeness (QED) is 0.146. The van der Waals surface area contributed by atoms with Crippen molar-refractivity contribution in [3.05, 3.63) is 60.4 Å². The lowest BCUT2D eigenvalue weighted by Gasteiger charge is -2.45. The van der Waals surface area contributed by atoms with Crippen molar-refractivity contribution in [1.29, 1.82) is 0 Å². The van der Waals surface area contributed by atoms with Gasteiger partial charge in [-0.05, 0) is 98.8 Å². The first kappa shape index (κ1) is 40.7.